The second kappa shape index (κ2) is 9.46. The highest BCUT2D eigenvalue weighted by molar-refractivity contribution is 5.91. The number of carbonyl (C=O) groups is 1. The van der Waals surface area contributed by atoms with Crippen molar-refractivity contribution >= 4 is 5.97 Å². The lowest BCUT2D eigenvalue weighted by Crippen LogP contribution is -2.43. The van der Waals surface area contributed by atoms with E-state index in [1.807, 2.05) is 44.2 Å². The van der Waals surface area contributed by atoms with E-state index in [1.54, 1.807) is 6.92 Å². The van der Waals surface area contributed by atoms with Gasteiger partial charge in [-0.1, -0.05) is 30.3 Å². The first-order valence-corrected chi connectivity index (χ1v) is 10.4. The minimum Gasteiger partial charge on any atom is -0.491 e. The molecule has 2 N–H and O–H groups in total. The van der Waals surface area contributed by atoms with Crippen molar-refractivity contribution in [3.63, 3.8) is 0 Å². The van der Waals surface area contributed by atoms with Gasteiger partial charge in [-0.2, -0.15) is 0 Å². The summed E-state index contributed by atoms with van der Waals surface area (Å²) < 4.78 is 11.1. The summed E-state index contributed by atoms with van der Waals surface area (Å²) in [5.74, 6) is 0.216. The topological polar surface area (TPSA) is 74.8 Å². The molecule has 0 bridgehead atoms. The maximum atomic E-state index is 12.1. The fourth-order valence-electron chi connectivity index (χ4n) is 3.87. The maximum Gasteiger partial charge on any atom is 0.358 e. The Bertz CT molecular complexity index is 808. The number of ether oxygens (including phenoxy) is 2. The second-order valence-corrected chi connectivity index (χ2v) is 7.74. The fraction of sp³-hybridized carbons (Fsp3) is 0.522. The Morgan fingerprint density at radius 3 is 2.55 bits per heavy atom. The average molecular weight is 401 g/mol. The molecular formula is C23H32N2O4. The highest BCUT2D eigenvalue weighted by Crippen LogP contribution is 2.32. The lowest BCUT2D eigenvalue weighted by Gasteiger charge is -2.38. The zero-order valence-corrected chi connectivity index (χ0v) is 17.7. The van der Waals surface area contributed by atoms with Gasteiger partial charge in [-0.15, -0.1) is 0 Å². The van der Waals surface area contributed by atoms with Crippen LogP contribution in [0.25, 0.3) is 0 Å². The molecule has 0 spiro atoms. The van der Waals surface area contributed by atoms with Gasteiger partial charge in [0.15, 0.2) is 11.4 Å². The van der Waals surface area contributed by atoms with Gasteiger partial charge in [0.25, 0.3) is 0 Å². The van der Waals surface area contributed by atoms with Crippen LogP contribution >= 0.6 is 0 Å². The predicted octanol–water partition coefficient (Wildman–Crippen LogP) is 3.56. The summed E-state index contributed by atoms with van der Waals surface area (Å²) in [5.41, 5.74) is 2.54. The number of aromatic nitrogens is 1. The summed E-state index contributed by atoms with van der Waals surface area (Å²) >= 11 is 0. The molecule has 6 nitrogen and oxygen atoms in total. The molecule has 1 fully saturated rings. The number of hydrogen-bond acceptors (Lipinski definition) is 5. The van der Waals surface area contributed by atoms with E-state index in [2.05, 4.69) is 9.88 Å². The molecule has 0 saturated carbocycles. The molecule has 1 aliphatic heterocycles. The van der Waals surface area contributed by atoms with Crippen LogP contribution in [0.1, 0.15) is 53.5 Å². The fourth-order valence-corrected chi connectivity index (χ4v) is 3.87. The normalized spacial score (nSPS) is 16.6. The molecule has 6 heteroatoms. The molecule has 0 amide bonds. The Morgan fingerprint density at radius 1 is 1.21 bits per heavy atom. The third-order valence-corrected chi connectivity index (χ3v) is 5.78. The van der Waals surface area contributed by atoms with Crippen molar-refractivity contribution in [1.29, 1.82) is 0 Å². The molecule has 0 atom stereocenters. The van der Waals surface area contributed by atoms with Crippen LogP contribution in [-0.2, 0) is 10.3 Å². The first-order chi connectivity index (χ1) is 13.9. The Kier molecular flexibility index (Phi) is 6.98. The van der Waals surface area contributed by atoms with E-state index in [9.17, 15) is 9.90 Å². The van der Waals surface area contributed by atoms with Crippen LogP contribution in [0.15, 0.2) is 30.3 Å². The smallest absolute Gasteiger partial charge is 0.358 e. The third-order valence-electron chi connectivity index (χ3n) is 5.78. The van der Waals surface area contributed by atoms with Crippen LogP contribution in [0, 0.1) is 13.8 Å². The monoisotopic (exact) mass is 400 g/mol. The number of piperidine rings is 1. The van der Waals surface area contributed by atoms with Gasteiger partial charge in [0.1, 0.15) is 0 Å². The van der Waals surface area contributed by atoms with Crippen LogP contribution < -0.4 is 4.74 Å². The minimum absolute atomic E-state index is 0.333. The molecule has 158 valence electrons. The number of nitrogens with one attached hydrogen (secondary N) is 1. The Hall–Kier alpha value is -2.31. The lowest BCUT2D eigenvalue weighted by atomic mass is 9.84. The molecule has 2 aromatic rings. The number of aliphatic hydroxyl groups is 1. The van der Waals surface area contributed by atoms with Gasteiger partial charge in [0.2, 0.25) is 0 Å². The van der Waals surface area contributed by atoms with Crippen LogP contribution in [0.5, 0.6) is 5.75 Å². The van der Waals surface area contributed by atoms with Crippen molar-refractivity contribution in [2.45, 2.75) is 45.6 Å². The quantitative estimate of drug-likeness (QED) is 0.523. The van der Waals surface area contributed by atoms with Crippen LogP contribution in [0.2, 0.25) is 0 Å². The van der Waals surface area contributed by atoms with E-state index >= 15 is 0 Å². The molecule has 2 heterocycles. The lowest BCUT2D eigenvalue weighted by molar-refractivity contribution is -0.0264. The zero-order valence-electron chi connectivity index (χ0n) is 17.7. The first kappa shape index (κ1) is 21.4. The number of esters is 1. The summed E-state index contributed by atoms with van der Waals surface area (Å²) in [4.78, 5) is 17.6. The Morgan fingerprint density at radius 2 is 1.90 bits per heavy atom. The summed E-state index contributed by atoms with van der Waals surface area (Å²) in [6, 6.07) is 9.94. The largest absolute Gasteiger partial charge is 0.491 e. The molecule has 0 radical (unpaired) electrons. The first-order valence-electron chi connectivity index (χ1n) is 10.4. The molecule has 3 rings (SSSR count). The van der Waals surface area contributed by atoms with Gasteiger partial charge in [-0.05, 0) is 45.6 Å². The number of aryl methyl sites for hydroxylation is 1. The van der Waals surface area contributed by atoms with E-state index in [4.69, 9.17) is 9.47 Å². The van der Waals surface area contributed by atoms with Crippen molar-refractivity contribution in [3.05, 3.63) is 52.8 Å². The molecule has 1 aliphatic rings. The van der Waals surface area contributed by atoms with Gasteiger partial charge in [0.05, 0.1) is 18.8 Å². The van der Waals surface area contributed by atoms with Gasteiger partial charge in [0, 0.05) is 30.9 Å². The molecule has 1 aromatic heterocycles. The number of rotatable bonds is 8. The van der Waals surface area contributed by atoms with Gasteiger partial charge in [-0.25, -0.2) is 4.79 Å². The standard InChI is InChI=1S/C23H32N2O4/c1-4-28-22(26)20-21(17(2)18(3)24-20)29-16-8-13-25-14-11-23(27,12-15-25)19-9-6-5-7-10-19/h5-7,9-10,24,27H,4,8,11-16H2,1-3H3. The van der Waals surface area contributed by atoms with Crippen molar-refractivity contribution in [2.24, 2.45) is 0 Å². The van der Waals surface area contributed by atoms with E-state index in [0.29, 0.717) is 24.7 Å². The maximum absolute atomic E-state index is 12.1. The van der Waals surface area contributed by atoms with Crippen molar-refractivity contribution in [3.8, 4) is 5.75 Å². The van der Waals surface area contributed by atoms with Crippen LogP contribution in [0.4, 0.5) is 0 Å². The SMILES string of the molecule is CCOC(=O)c1[nH]c(C)c(C)c1OCCCN1CCC(O)(c2ccccc2)CC1. The van der Waals surface area contributed by atoms with Gasteiger partial charge in [-0.3, -0.25) is 0 Å². The molecule has 1 saturated heterocycles. The predicted molar refractivity (Wildman–Crippen MR) is 112 cm³/mol. The molecular weight excluding hydrogens is 368 g/mol. The van der Waals surface area contributed by atoms with Gasteiger partial charge >= 0.3 is 5.97 Å². The number of aromatic amines is 1. The van der Waals surface area contributed by atoms with Crippen molar-refractivity contribution in [2.75, 3.05) is 32.8 Å². The zero-order chi connectivity index (χ0) is 20.9. The summed E-state index contributed by atoms with van der Waals surface area (Å²) in [6.45, 7) is 9.15. The number of carbonyl (C=O) groups excluding carboxylic acids is 1. The van der Waals surface area contributed by atoms with Crippen molar-refractivity contribution < 1.29 is 19.4 Å². The van der Waals surface area contributed by atoms with Crippen LogP contribution in [-0.4, -0.2) is 53.8 Å². The summed E-state index contributed by atoms with van der Waals surface area (Å²) in [5, 5.41) is 10.9. The average Bonchev–Trinajstić information content (AvgIpc) is 3.02. The van der Waals surface area contributed by atoms with E-state index in [1.165, 1.54) is 0 Å². The number of benzene rings is 1. The van der Waals surface area contributed by atoms with E-state index in [-0.39, 0.29) is 5.97 Å². The molecule has 0 unspecified atom stereocenters. The summed E-state index contributed by atoms with van der Waals surface area (Å²) in [6.07, 6.45) is 2.33. The van der Waals surface area contributed by atoms with Crippen LogP contribution in [0.3, 0.4) is 0 Å². The highest BCUT2D eigenvalue weighted by Gasteiger charge is 2.33. The highest BCUT2D eigenvalue weighted by atomic mass is 16.5. The molecule has 0 aliphatic carbocycles. The minimum atomic E-state index is -0.720. The third kappa shape index (κ3) is 5.00. The Labute approximate surface area is 172 Å². The molecule has 29 heavy (non-hydrogen) atoms. The number of hydrogen-bond donors (Lipinski definition) is 2. The Balaban J connectivity index is 1.47. The number of nitrogens with zero attached hydrogens (tertiary/aromatic N) is 1. The van der Waals surface area contributed by atoms with Crippen molar-refractivity contribution in [1.82, 2.24) is 9.88 Å². The number of H-pyrrole nitrogens is 1. The van der Waals surface area contributed by atoms with Gasteiger partial charge < -0.3 is 24.5 Å². The van der Waals surface area contributed by atoms with E-state index < -0.39 is 5.60 Å². The molecule has 1 aromatic carbocycles. The second-order valence-electron chi connectivity index (χ2n) is 7.74. The summed E-state index contributed by atoms with van der Waals surface area (Å²) in [7, 11) is 0. The number of likely N-dealkylation sites (tertiary alicyclic amines) is 1. The van der Waals surface area contributed by atoms with E-state index in [0.717, 1.165) is 55.7 Å².